The molecule has 0 amide bonds. The Morgan fingerprint density at radius 3 is 2.81 bits per heavy atom. The summed E-state index contributed by atoms with van der Waals surface area (Å²) in [6.07, 6.45) is 3.95. The minimum Gasteiger partial charge on any atom is -0.461 e. The van der Waals surface area contributed by atoms with Gasteiger partial charge >= 0.3 is 5.97 Å². The Labute approximate surface area is 125 Å². The number of halogens is 1. The smallest absolute Gasteiger partial charge is 0.360 e. The average molecular weight is 311 g/mol. The van der Waals surface area contributed by atoms with Crippen LogP contribution in [0.4, 0.5) is 10.1 Å². The Kier molecular flexibility index (Phi) is 6.47. The van der Waals surface area contributed by atoms with Crippen LogP contribution in [0.25, 0.3) is 0 Å². The first kappa shape index (κ1) is 16.8. The van der Waals surface area contributed by atoms with E-state index in [4.69, 9.17) is 15.6 Å². The number of aliphatic imine (C=N–C) groups is 1. The summed E-state index contributed by atoms with van der Waals surface area (Å²) in [5, 5.41) is 17.7. The number of hydrogen-bond acceptors (Lipinski definition) is 6. The highest BCUT2D eigenvalue weighted by atomic mass is 32.2. The van der Waals surface area contributed by atoms with E-state index in [1.54, 1.807) is 13.2 Å². The predicted molar refractivity (Wildman–Crippen MR) is 80.9 cm³/mol. The predicted octanol–water partition coefficient (Wildman–Crippen LogP) is 1.91. The fourth-order valence-corrected chi connectivity index (χ4v) is 1.39. The molecule has 0 aliphatic heterocycles. The Morgan fingerprint density at radius 1 is 1.52 bits per heavy atom. The van der Waals surface area contributed by atoms with Crippen LogP contribution in [-0.2, 0) is 9.53 Å². The van der Waals surface area contributed by atoms with E-state index in [0.717, 1.165) is 24.0 Å². The minimum absolute atomic E-state index is 0.107. The van der Waals surface area contributed by atoms with Crippen LogP contribution >= 0.6 is 11.8 Å². The fourth-order valence-electron chi connectivity index (χ4n) is 1.21. The molecule has 0 unspecified atom stereocenters. The molecule has 0 aliphatic carbocycles. The molecule has 112 valence electrons. The summed E-state index contributed by atoms with van der Waals surface area (Å²) >= 11 is 1.03. The molecular weight excluding hydrogens is 297 g/mol. The summed E-state index contributed by atoms with van der Waals surface area (Å²) in [6.45, 7) is 1.71. The van der Waals surface area contributed by atoms with Crippen LogP contribution < -0.4 is 5.32 Å². The van der Waals surface area contributed by atoms with Gasteiger partial charge in [0.05, 0.1) is 24.7 Å². The van der Waals surface area contributed by atoms with E-state index >= 15 is 0 Å². The number of ether oxygens (including phenoxy) is 1. The second kappa shape index (κ2) is 8.10. The van der Waals surface area contributed by atoms with Gasteiger partial charge in [0, 0.05) is 6.07 Å². The lowest BCUT2D eigenvalue weighted by molar-refractivity contribution is -0.134. The number of carbonyl (C=O) groups excluding carboxylic acids is 1. The van der Waals surface area contributed by atoms with Gasteiger partial charge < -0.3 is 10.1 Å². The quantitative estimate of drug-likeness (QED) is 0.447. The first-order valence-corrected chi connectivity index (χ1v) is 7.05. The normalized spacial score (nSPS) is 10.9. The lowest BCUT2D eigenvalue weighted by atomic mass is 10.3. The molecule has 0 aliphatic rings. The molecule has 1 aromatic heterocycles. The number of anilines is 1. The number of hydrogen-bond donors (Lipinski definition) is 3. The number of carbonyl (C=O) groups is 1. The Hall–Kier alpha value is -2.29. The highest BCUT2D eigenvalue weighted by Gasteiger charge is 2.19. The molecule has 0 aromatic carbocycles. The minimum atomic E-state index is -0.887. The topological polar surface area (TPSA) is 111 Å². The Balaban J connectivity index is 3.03. The SMILES string of the molecule is CCOC(=O)C(=N)/C(=N\C(=N)SC)Nc1cncc(F)c1. The number of thioether (sulfide) groups is 1. The summed E-state index contributed by atoms with van der Waals surface area (Å²) in [6, 6.07) is 1.13. The molecule has 1 rings (SSSR count). The second-order valence-electron chi connectivity index (χ2n) is 3.58. The lowest BCUT2D eigenvalue weighted by Crippen LogP contribution is -2.31. The van der Waals surface area contributed by atoms with Gasteiger partial charge in [0.15, 0.2) is 16.7 Å². The summed E-state index contributed by atoms with van der Waals surface area (Å²) in [5.41, 5.74) is -0.350. The number of nitrogens with zero attached hydrogens (tertiary/aromatic N) is 2. The molecule has 0 bridgehead atoms. The first-order valence-electron chi connectivity index (χ1n) is 5.82. The molecule has 21 heavy (non-hydrogen) atoms. The zero-order chi connectivity index (χ0) is 15.8. The van der Waals surface area contributed by atoms with Crippen molar-refractivity contribution in [1.29, 1.82) is 10.8 Å². The maximum absolute atomic E-state index is 13.1. The van der Waals surface area contributed by atoms with Crippen LogP contribution in [0.15, 0.2) is 23.5 Å². The zero-order valence-corrected chi connectivity index (χ0v) is 12.3. The van der Waals surface area contributed by atoms with Gasteiger partial charge in [0.2, 0.25) is 0 Å². The van der Waals surface area contributed by atoms with E-state index < -0.39 is 17.5 Å². The van der Waals surface area contributed by atoms with Crippen molar-refractivity contribution in [3.63, 3.8) is 0 Å². The van der Waals surface area contributed by atoms with Gasteiger partial charge in [-0.3, -0.25) is 15.8 Å². The van der Waals surface area contributed by atoms with E-state index in [1.807, 2.05) is 0 Å². The van der Waals surface area contributed by atoms with Crippen molar-refractivity contribution in [2.45, 2.75) is 6.92 Å². The number of pyridine rings is 1. The Morgan fingerprint density at radius 2 is 2.24 bits per heavy atom. The molecule has 0 saturated carbocycles. The molecule has 0 atom stereocenters. The van der Waals surface area contributed by atoms with Crippen molar-refractivity contribution in [2.24, 2.45) is 4.99 Å². The van der Waals surface area contributed by atoms with Crippen molar-refractivity contribution in [3.05, 3.63) is 24.3 Å². The van der Waals surface area contributed by atoms with Crippen LogP contribution in [0.3, 0.4) is 0 Å². The largest absolute Gasteiger partial charge is 0.461 e. The lowest BCUT2D eigenvalue weighted by Gasteiger charge is -2.10. The van der Waals surface area contributed by atoms with Gasteiger partial charge in [-0.1, -0.05) is 11.8 Å². The summed E-state index contributed by atoms with van der Waals surface area (Å²) in [7, 11) is 0. The van der Waals surface area contributed by atoms with E-state index in [9.17, 15) is 9.18 Å². The fraction of sp³-hybridized carbons (Fsp3) is 0.250. The first-order chi connectivity index (χ1) is 9.97. The van der Waals surface area contributed by atoms with Crippen LogP contribution in [0.1, 0.15) is 6.92 Å². The summed E-state index contributed by atoms with van der Waals surface area (Å²) < 4.78 is 17.8. The van der Waals surface area contributed by atoms with Gasteiger partial charge in [-0.15, -0.1) is 0 Å². The van der Waals surface area contributed by atoms with Gasteiger partial charge in [-0.25, -0.2) is 14.2 Å². The van der Waals surface area contributed by atoms with Gasteiger partial charge in [-0.05, 0) is 13.2 Å². The van der Waals surface area contributed by atoms with Crippen LogP contribution in [-0.4, -0.2) is 40.5 Å². The molecule has 0 fully saturated rings. The Bertz CT molecular complexity index is 591. The highest BCUT2D eigenvalue weighted by molar-refractivity contribution is 8.13. The molecule has 0 spiro atoms. The molecular formula is C12H14FN5O2S. The summed E-state index contributed by atoms with van der Waals surface area (Å²) in [5.74, 6) is -1.68. The van der Waals surface area contributed by atoms with Crippen molar-refractivity contribution in [1.82, 2.24) is 4.98 Å². The number of nitrogens with one attached hydrogen (secondary N) is 3. The number of rotatable bonds is 4. The second-order valence-corrected chi connectivity index (χ2v) is 4.38. The number of esters is 1. The molecule has 0 saturated heterocycles. The summed E-state index contributed by atoms with van der Waals surface area (Å²) in [4.78, 5) is 19.0. The van der Waals surface area contributed by atoms with Crippen LogP contribution in [0, 0.1) is 16.6 Å². The van der Waals surface area contributed by atoms with Crippen LogP contribution in [0.2, 0.25) is 0 Å². The van der Waals surface area contributed by atoms with Crippen molar-refractivity contribution < 1.29 is 13.9 Å². The zero-order valence-electron chi connectivity index (χ0n) is 11.4. The molecule has 1 heterocycles. The number of amidine groups is 2. The van der Waals surface area contributed by atoms with Gasteiger partial charge in [0.1, 0.15) is 5.82 Å². The van der Waals surface area contributed by atoms with E-state index in [2.05, 4.69) is 15.3 Å². The maximum atomic E-state index is 13.1. The molecule has 7 nitrogen and oxygen atoms in total. The van der Waals surface area contributed by atoms with E-state index in [1.165, 1.54) is 6.20 Å². The van der Waals surface area contributed by atoms with Crippen molar-refractivity contribution in [3.8, 4) is 0 Å². The third-order valence-corrected chi connectivity index (χ3v) is 2.57. The molecule has 9 heteroatoms. The van der Waals surface area contributed by atoms with Crippen molar-refractivity contribution >= 4 is 40.1 Å². The third kappa shape index (κ3) is 5.30. The molecule has 1 aromatic rings. The maximum Gasteiger partial charge on any atom is 0.360 e. The standard InChI is InChI=1S/C12H14FN5O2S/c1-3-20-11(19)9(14)10(18-12(15)21-2)17-8-4-7(13)5-16-6-8/h4-6,14H,3H2,1-2H3,(H2,15,17,18). The van der Waals surface area contributed by atoms with Gasteiger partial charge in [-0.2, -0.15) is 0 Å². The molecule has 0 radical (unpaired) electrons. The van der Waals surface area contributed by atoms with E-state index in [-0.39, 0.29) is 23.3 Å². The monoisotopic (exact) mass is 311 g/mol. The average Bonchev–Trinajstić information content (AvgIpc) is 2.46. The van der Waals surface area contributed by atoms with E-state index in [0.29, 0.717) is 0 Å². The van der Waals surface area contributed by atoms with Crippen LogP contribution in [0.5, 0.6) is 0 Å². The van der Waals surface area contributed by atoms with Gasteiger partial charge in [0.25, 0.3) is 0 Å². The van der Waals surface area contributed by atoms with Crippen molar-refractivity contribution in [2.75, 3.05) is 18.2 Å². The third-order valence-electron chi connectivity index (χ3n) is 2.09. The molecule has 3 N–H and O–H groups in total. The number of aromatic nitrogens is 1. The highest BCUT2D eigenvalue weighted by Crippen LogP contribution is 2.08.